The van der Waals surface area contributed by atoms with Crippen molar-refractivity contribution in [2.24, 2.45) is 0 Å². The number of hydrogen-bond donors (Lipinski definition) is 1. The zero-order valence-corrected chi connectivity index (χ0v) is 9.98. The van der Waals surface area contributed by atoms with Crippen LogP contribution in [0.2, 0.25) is 0 Å². The SMILES string of the molecule is CC(C)(C)NCc1ccc(Br)cc1. The molecule has 1 aromatic carbocycles. The highest BCUT2D eigenvalue weighted by Gasteiger charge is 2.07. The van der Waals surface area contributed by atoms with Gasteiger partial charge < -0.3 is 5.32 Å². The van der Waals surface area contributed by atoms with E-state index >= 15 is 0 Å². The largest absolute Gasteiger partial charge is 0.308 e. The van der Waals surface area contributed by atoms with E-state index in [4.69, 9.17) is 0 Å². The average Bonchev–Trinajstić information content (AvgIpc) is 2.02. The van der Waals surface area contributed by atoms with Gasteiger partial charge in [-0.25, -0.2) is 0 Å². The van der Waals surface area contributed by atoms with E-state index in [9.17, 15) is 0 Å². The van der Waals surface area contributed by atoms with Gasteiger partial charge in [0.25, 0.3) is 0 Å². The van der Waals surface area contributed by atoms with Crippen LogP contribution in [0.3, 0.4) is 0 Å². The summed E-state index contributed by atoms with van der Waals surface area (Å²) < 4.78 is 1.13. The fourth-order valence-corrected chi connectivity index (χ4v) is 1.23. The first-order valence-corrected chi connectivity index (χ1v) is 5.26. The molecule has 13 heavy (non-hydrogen) atoms. The molecule has 0 aliphatic heterocycles. The van der Waals surface area contributed by atoms with E-state index in [1.807, 2.05) is 0 Å². The summed E-state index contributed by atoms with van der Waals surface area (Å²) in [6, 6.07) is 8.39. The molecule has 0 atom stereocenters. The van der Waals surface area contributed by atoms with Crippen LogP contribution in [0.15, 0.2) is 28.7 Å². The van der Waals surface area contributed by atoms with Crippen LogP contribution in [0.4, 0.5) is 0 Å². The highest BCUT2D eigenvalue weighted by Crippen LogP contribution is 2.11. The van der Waals surface area contributed by atoms with Crippen molar-refractivity contribution in [1.29, 1.82) is 0 Å². The predicted octanol–water partition coefficient (Wildman–Crippen LogP) is 3.34. The monoisotopic (exact) mass is 241 g/mol. The zero-order valence-electron chi connectivity index (χ0n) is 8.39. The van der Waals surface area contributed by atoms with Gasteiger partial charge in [-0.15, -0.1) is 0 Å². The molecule has 0 unspecified atom stereocenters. The smallest absolute Gasteiger partial charge is 0.0210 e. The molecule has 2 heteroatoms. The third-order valence-electron chi connectivity index (χ3n) is 1.74. The Bertz CT molecular complexity index is 258. The molecule has 1 N–H and O–H groups in total. The number of halogens is 1. The van der Waals surface area contributed by atoms with E-state index < -0.39 is 0 Å². The summed E-state index contributed by atoms with van der Waals surface area (Å²) >= 11 is 3.42. The first kappa shape index (κ1) is 10.7. The number of benzene rings is 1. The Hall–Kier alpha value is -0.340. The van der Waals surface area contributed by atoms with E-state index in [2.05, 4.69) is 66.3 Å². The van der Waals surface area contributed by atoms with E-state index in [-0.39, 0.29) is 5.54 Å². The minimum atomic E-state index is 0.188. The highest BCUT2D eigenvalue weighted by atomic mass is 79.9. The second kappa shape index (κ2) is 4.25. The quantitative estimate of drug-likeness (QED) is 0.838. The number of nitrogens with one attached hydrogen (secondary N) is 1. The maximum Gasteiger partial charge on any atom is 0.0210 e. The highest BCUT2D eigenvalue weighted by molar-refractivity contribution is 9.10. The van der Waals surface area contributed by atoms with Gasteiger partial charge in [0.2, 0.25) is 0 Å². The van der Waals surface area contributed by atoms with Crippen LogP contribution in [0.1, 0.15) is 26.3 Å². The summed E-state index contributed by atoms with van der Waals surface area (Å²) in [6.45, 7) is 7.44. The topological polar surface area (TPSA) is 12.0 Å². The Morgan fingerprint density at radius 2 is 1.69 bits per heavy atom. The minimum absolute atomic E-state index is 0.188. The first-order valence-electron chi connectivity index (χ1n) is 4.47. The zero-order chi connectivity index (χ0) is 9.90. The van der Waals surface area contributed by atoms with Gasteiger partial charge in [-0.3, -0.25) is 0 Å². The van der Waals surface area contributed by atoms with Crippen molar-refractivity contribution in [1.82, 2.24) is 5.32 Å². The summed E-state index contributed by atoms with van der Waals surface area (Å²) in [5, 5.41) is 3.44. The fraction of sp³-hybridized carbons (Fsp3) is 0.455. The predicted molar refractivity (Wildman–Crippen MR) is 60.7 cm³/mol. The van der Waals surface area contributed by atoms with Gasteiger partial charge in [-0.1, -0.05) is 28.1 Å². The van der Waals surface area contributed by atoms with Crippen molar-refractivity contribution < 1.29 is 0 Å². The summed E-state index contributed by atoms with van der Waals surface area (Å²) in [5.74, 6) is 0. The molecule has 72 valence electrons. The average molecular weight is 242 g/mol. The second-order valence-electron chi connectivity index (χ2n) is 4.23. The lowest BCUT2D eigenvalue weighted by molar-refractivity contribution is 0.424. The second-order valence-corrected chi connectivity index (χ2v) is 5.15. The maximum absolute atomic E-state index is 3.44. The Morgan fingerprint density at radius 3 is 2.15 bits per heavy atom. The van der Waals surface area contributed by atoms with Crippen molar-refractivity contribution in [2.75, 3.05) is 0 Å². The van der Waals surface area contributed by atoms with Crippen molar-refractivity contribution in [3.63, 3.8) is 0 Å². The molecule has 1 aromatic rings. The lowest BCUT2D eigenvalue weighted by Gasteiger charge is -2.20. The summed E-state index contributed by atoms with van der Waals surface area (Å²) in [5.41, 5.74) is 1.51. The van der Waals surface area contributed by atoms with Crippen molar-refractivity contribution in [3.05, 3.63) is 34.3 Å². The minimum Gasteiger partial charge on any atom is -0.308 e. The molecule has 0 bridgehead atoms. The van der Waals surface area contributed by atoms with Crippen LogP contribution in [0, 0.1) is 0 Å². The molecule has 0 aromatic heterocycles. The van der Waals surface area contributed by atoms with Gasteiger partial charge in [0.15, 0.2) is 0 Å². The molecule has 1 rings (SSSR count). The lowest BCUT2D eigenvalue weighted by atomic mass is 10.1. The molecule has 0 aliphatic rings. The standard InChI is InChI=1S/C11H16BrN/c1-11(2,3)13-8-9-4-6-10(12)7-5-9/h4-7,13H,8H2,1-3H3. The molecule has 0 aliphatic carbocycles. The van der Waals surface area contributed by atoms with Gasteiger partial charge >= 0.3 is 0 Å². The van der Waals surface area contributed by atoms with Crippen LogP contribution in [-0.4, -0.2) is 5.54 Å². The lowest BCUT2D eigenvalue weighted by Crippen LogP contribution is -2.34. The molecular weight excluding hydrogens is 226 g/mol. The molecule has 0 heterocycles. The Kier molecular flexibility index (Phi) is 3.51. The van der Waals surface area contributed by atoms with Gasteiger partial charge in [-0.05, 0) is 38.5 Å². The molecular formula is C11H16BrN. The third-order valence-corrected chi connectivity index (χ3v) is 2.26. The van der Waals surface area contributed by atoms with E-state index in [0.717, 1.165) is 11.0 Å². The van der Waals surface area contributed by atoms with E-state index in [0.29, 0.717) is 0 Å². The number of rotatable bonds is 2. The third kappa shape index (κ3) is 4.44. The van der Waals surface area contributed by atoms with E-state index in [1.165, 1.54) is 5.56 Å². The molecule has 0 amide bonds. The Balaban J connectivity index is 2.51. The van der Waals surface area contributed by atoms with Crippen molar-refractivity contribution in [2.45, 2.75) is 32.9 Å². The summed E-state index contributed by atoms with van der Waals surface area (Å²) in [7, 11) is 0. The van der Waals surface area contributed by atoms with Gasteiger partial charge in [0, 0.05) is 16.6 Å². The Labute approximate surface area is 88.7 Å². The molecule has 0 saturated carbocycles. The van der Waals surface area contributed by atoms with E-state index in [1.54, 1.807) is 0 Å². The first-order chi connectivity index (χ1) is 5.97. The van der Waals surface area contributed by atoms with Gasteiger partial charge in [-0.2, -0.15) is 0 Å². The van der Waals surface area contributed by atoms with Gasteiger partial charge in [0.05, 0.1) is 0 Å². The molecule has 0 radical (unpaired) electrons. The molecule has 0 spiro atoms. The van der Waals surface area contributed by atoms with Crippen molar-refractivity contribution in [3.8, 4) is 0 Å². The van der Waals surface area contributed by atoms with Crippen LogP contribution in [0.25, 0.3) is 0 Å². The maximum atomic E-state index is 3.44. The van der Waals surface area contributed by atoms with Crippen LogP contribution in [-0.2, 0) is 6.54 Å². The summed E-state index contributed by atoms with van der Waals surface area (Å²) in [4.78, 5) is 0. The normalized spacial score (nSPS) is 11.7. The van der Waals surface area contributed by atoms with Crippen LogP contribution < -0.4 is 5.32 Å². The van der Waals surface area contributed by atoms with Crippen LogP contribution in [0.5, 0.6) is 0 Å². The Morgan fingerprint density at radius 1 is 1.15 bits per heavy atom. The van der Waals surface area contributed by atoms with Crippen LogP contribution >= 0.6 is 15.9 Å². The fourth-order valence-electron chi connectivity index (χ4n) is 0.969. The number of hydrogen-bond acceptors (Lipinski definition) is 1. The van der Waals surface area contributed by atoms with Gasteiger partial charge in [0.1, 0.15) is 0 Å². The molecule has 0 fully saturated rings. The van der Waals surface area contributed by atoms with Crippen molar-refractivity contribution >= 4 is 15.9 Å². The summed E-state index contributed by atoms with van der Waals surface area (Å²) in [6.07, 6.45) is 0. The molecule has 1 nitrogen and oxygen atoms in total. The molecule has 0 saturated heterocycles.